The predicted molar refractivity (Wildman–Crippen MR) is 123 cm³/mol. The summed E-state index contributed by atoms with van der Waals surface area (Å²) < 4.78 is 4.24. The lowest BCUT2D eigenvalue weighted by Crippen LogP contribution is -2.37. The minimum atomic E-state index is -0.423. The Morgan fingerprint density at radius 2 is 1.68 bits per heavy atom. The molecule has 4 rings (SSSR count). The highest BCUT2D eigenvalue weighted by Gasteiger charge is 2.19. The van der Waals surface area contributed by atoms with Gasteiger partial charge in [0.1, 0.15) is 0 Å². The first-order valence-electron chi connectivity index (χ1n) is 9.94. The van der Waals surface area contributed by atoms with Gasteiger partial charge in [0.25, 0.3) is 5.56 Å². The molecule has 0 spiro atoms. The fourth-order valence-electron chi connectivity index (χ4n) is 3.44. The molecule has 0 aliphatic heterocycles. The molecular weight excluding hydrogens is 392 g/mol. The van der Waals surface area contributed by atoms with Gasteiger partial charge in [0.15, 0.2) is 11.2 Å². The summed E-state index contributed by atoms with van der Waals surface area (Å²) in [6.07, 6.45) is 0. The second-order valence-corrected chi connectivity index (χ2v) is 7.56. The molecule has 0 bridgehead atoms. The lowest BCUT2D eigenvalue weighted by molar-refractivity contribution is 0.702. The normalized spacial score (nSPS) is 11.8. The molecule has 31 heavy (non-hydrogen) atoms. The molecule has 0 radical (unpaired) electrons. The minimum Gasteiger partial charge on any atom is -0.298 e. The van der Waals surface area contributed by atoms with Gasteiger partial charge in [0.05, 0.1) is 12.3 Å². The number of nitrogens with one attached hydrogen (secondary N) is 1. The fourth-order valence-corrected chi connectivity index (χ4v) is 3.44. The second kappa shape index (κ2) is 8.06. The number of aromatic nitrogens is 4. The number of anilines is 1. The van der Waals surface area contributed by atoms with Crippen LogP contribution in [0.4, 0.5) is 5.95 Å². The van der Waals surface area contributed by atoms with Gasteiger partial charge < -0.3 is 0 Å². The Bertz CT molecular complexity index is 1390. The maximum atomic E-state index is 13.0. The van der Waals surface area contributed by atoms with E-state index in [0.29, 0.717) is 23.7 Å². The molecule has 1 N–H and O–H groups in total. The van der Waals surface area contributed by atoms with Crippen LogP contribution in [0.1, 0.15) is 23.6 Å². The van der Waals surface area contributed by atoms with Crippen LogP contribution < -0.4 is 16.7 Å². The largest absolute Gasteiger partial charge is 0.332 e. The van der Waals surface area contributed by atoms with E-state index < -0.39 is 11.2 Å². The van der Waals surface area contributed by atoms with Crippen LogP contribution in [-0.2, 0) is 20.6 Å². The molecule has 2 aromatic carbocycles. The van der Waals surface area contributed by atoms with Crippen molar-refractivity contribution in [3.05, 3.63) is 92.1 Å². The number of imidazole rings is 1. The number of fused-ring (bicyclic) bond motifs is 1. The van der Waals surface area contributed by atoms with E-state index in [9.17, 15) is 9.59 Å². The molecule has 2 heterocycles. The Labute approximate surface area is 179 Å². The van der Waals surface area contributed by atoms with Gasteiger partial charge in [0, 0.05) is 14.1 Å². The lowest BCUT2D eigenvalue weighted by atomic mass is 10.1. The van der Waals surface area contributed by atoms with Gasteiger partial charge in [-0.05, 0) is 25.0 Å². The number of rotatable bonds is 5. The van der Waals surface area contributed by atoms with Crippen LogP contribution in [-0.4, -0.2) is 24.4 Å². The van der Waals surface area contributed by atoms with Crippen LogP contribution in [0, 0.1) is 6.92 Å². The lowest BCUT2D eigenvalue weighted by Gasteiger charge is -2.10. The summed E-state index contributed by atoms with van der Waals surface area (Å²) in [5.41, 5.74) is 6.75. The van der Waals surface area contributed by atoms with E-state index in [1.54, 1.807) is 11.6 Å². The third kappa shape index (κ3) is 3.79. The first kappa shape index (κ1) is 20.3. The third-order valence-electron chi connectivity index (χ3n) is 5.32. The predicted octanol–water partition coefficient (Wildman–Crippen LogP) is 2.63. The average Bonchev–Trinajstić information content (AvgIpc) is 3.15. The number of aryl methyl sites for hydroxylation is 2. The maximum Gasteiger partial charge on any atom is 0.332 e. The number of hydrogen-bond acceptors (Lipinski definition) is 5. The third-order valence-corrected chi connectivity index (χ3v) is 5.32. The van der Waals surface area contributed by atoms with Crippen molar-refractivity contribution < 1.29 is 0 Å². The highest BCUT2D eigenvalue weighted by Crippen LogP contribution is 2.18. The average molecular weight is 416 g/mol. The number of hydrogen-bond donors (Lipinski definition) is 1. The van der Waals surface area contributed by atoms with Gasteiger partial charge >= 0.3 is 5.69 Å². The fraction of sp³-hybridized carbons (Fsp3) is 0.217. The van der Waals surface area contributed by atoms with Gasteiger partial charge in [-0.3, -0.25) is 18.5 Å². The molecule has 0 aliphatic carbocycles. The highest BCUT2D eigenvalue weighted by atomic mass is 16.2. The Hall–Kier alpha value is -3.94. The van der Waals surface area contributed by atoms with Gasteiger partial charge in [-0.15, -0.1) is 0 Å². The molecule has 0 amide bonds. The van der Waals surface area contributed by atoms with Gasteiger partial charge in [-0.1, -0.05) is 60.2 Å². The molecule has 0 fully saturated rings. The zero-order valence-corrected chi connectivity index (χ0v) is 18.0. The number of nitrogens with zero attached hydrogens (tertiary/aromatic N) is 5. The first-order valence-corrected chi connectivity index (χ1v) is 9.94. The highest BCUT2D eigenvalue weighted by molar-refractivity contribution is 5.99. The van der Waals surface area contributed by atoms with Crippen molar-refractivity contribution in [1.29, 1.82) is 0 Å². The van der Waals surface area contributed by atoms with E-state index in [1.165, 1.54) is 11.6 Å². The van der Waals surface area contributed by atoms with Crippen molar-refractivity contribution in [2.45, 2.75) is 20.4 Å². The van der Waals surface area contributed by atoms with E-state index in [4.69, 9.17) is 0 Å². The molecule has 0 aliphatic rings. The van der Waals surface area contributed by atoms with Crippen molar-refractivity contribution in [1.82, 2.24) is 18.7 Å². The van der Waals surface area contributed by atoms with E-state index >= 15 is 0 Å². The number of hydrazone groups is 1. The van der Waals surface area contributed by atoms with E-state index in [1.807, 2.05) is 68.4 Å². The van der Waals surface area contributed by atoms with Crippen LogP contribution >= 0.6 is 0 Å². The molecule has 0 saturated carbocycles. The van der Waals surface area contributed by atoms with E-state index in [0.717, 1.165) is 27.0 Å². The Kier molecular flexibility index (Phi) is 5.29. The quantitative estimate of drug-likeness (QED) is 0.400. The van der Waals surface area contributed by atoms with Crippen LogP contribution in [0.3, 0.4) is 0 Å². The zero-order chi connectivity index (χ0) is 22.1. The monoisotopic (exact) mass is 416 g/mol. The van der Waals surface area contributed by atoms with Gasteiger partial charge in [-0.2, -0.15) is 10.1 Å². The molecule has 8 nitrogen and oxygen atoms in total. The summed E-state index contributed by atoms with van der Waals surface area (Å²) in [5, 5.41) is 4.47. The summed E-state index contributed by atoms with van der Waals surface area (Å²) in [6, 6.07) is 17.8. The topological polar surface area (TPSA) is 86.2 Å². The van der Waals surface area contributed by atoms with Crippen molar-refractivity contribution in [3.63, 3.8) is 0 Å². The molecule has 0 saturated heterocycles. The van der Waals surface area contributed by atoms with Crippen LogP contribution in [0.5, 0.6) is 0 Å². The maximum absolute atomic E-state index is 13.0. The number of benzene rings is 2. The second-order valence-electron chi connectivity index (χ2n) is 7.56. The van der Waals surface area contributed by atoms with Crippen molar-refractivity contribution in [3.8, 4) is 0 Å². The standard InChI is InChI=1S/C23H24N6O2/c1-15-10-12-17(13-11-15)14-29-19-20(27(3)23(31)28(4)21(19)30)24-22(29)26-25-16(2)18-8-6-5-7-9-18/h5-13H,14H2,1-4H3,(H,24,26)/b25-16+. The molecule has 158 valence electrons. The summed E-state index contributed by atoms with van der Waals surface area (Å²) in [4.78, 5) is 29.9. The van der Waals surface area contributed by atoms with E-state index in [-0.39, 0.29) is 0 Å². The summed E-state index contributed by atoms with van der Waals surface area (Å²) in [6.45, 7) is 4.33. The first-order chi connectivity index (χ1) is 14.9. The molecule has 8 heteroatoms. The summed E-state index contributed by atoms with van der Waals surface area (Å²) in [5.74, 6) is 0.393. The smallest absolute Gasteiger partial charge is 0.298 e. The molecule has 0 unspecified atom stereocenters. The zero-order valence-electron chi connectivity index (χ0n) is 18.0. The Morgan fingerprint density at radius 3 is 2.35 bits per heavy atom. The van der Waals surface area contributed by atoms with E-state index in [2.05, 4.69) is 15.5 Å². The Morgan fingerprint density at radius 1 is 1.00 bits per heavy atom. The Balaban J connectivity index is 1.86. The van der Waals surface area contributed by atoms with Crippen LogP contribution in [0.15, 0.2) is 69.3 Å². The SMILES string of the molecule is C/C(=N\Nc1nc2c(c(=O)n(C)c(=O)n2C)n1Cc1ccc(C)cc1)c1ccccc1. The van der Waals surface area contributed by atoms with Crippen LogP contribution in [0.2, 0.25) is 0 Å². The molecule has 4 aromatic rings. The molecular formula is C23H24N6O2. The summed E-state index contributed by atoms with van der Waals surface area (Å²) >= 11 is 0. The van der Waals surface area contributed by atoms with Crippen molar-refractivity contribution in [2.75, 3.05) is 5.43 Å². The molecule has 0 atom stereocenters. The van der Waals surface area contributed by atoms with Crippen molar-refractivity contribution >= 4 is 22.8 Å². The molecule has 2 aromatic heterocycles. The summed E-state index contributed by atoms with van der Waals surface area (Å²) in [7, 11) is 3.08. The minimum absolute atomic E-state index is 0.315. The van der Waals surface area contributed by atoms with Crippen LogP contribution in [0.25, 0.3) is 11.2 Å². The van der Waals surface area contributed by atoms with Gasteiger partial charge in [0.2, 0.25) is 5.95 Å². The van der Waals surface area contributed by atoms with Gasteiger partial charge in [-0.25, -0.2) is 10.2 Å². The van der Waals surface area contributed by atoms with Crippen molar-refractivity contribution in [2.24, 2.45) is 19.2 Å².